The summed E-state index contributed by atoms with van der Waals surface area (Å²) in [5, 5.41) is 9.85. The SMILES string of the molecule is CC(C)n1c(N)nnc1SC1CCOC2(CCCCC2)C1. The fourth-order valence-corrected chi connectivity index (χ4v) is 5.04. The van der Waals surface area contributed by atoms with Gasteiger partial charge in [0, 0.05) is 17.9 Å². The number of hydrogen-bond acceptors (Lipinski definition) is 5. The number of thioether (sulfide) groups is 1. The van der Waals surface area contributed by atoms with E-state index in [1.54, 1.807) is 0 Å². The topological polar surface area (TPSA) is 66.0 Å². The lowest BCUT2D eigenvalue weighted by Gasteiger charge is -2.43. The van der Waals surface area contributed by atoms with Crippen molar-refractivity contribution in [1.29, 1.82) is 0 Å². The van der Waals surface area contributed by atoms with Gasteiger partial charge < -0.3 is 10.5 Å². The van der Waals surface area contributed by atoms with E-state index in [4.69, 9.17) is 10.5 Å². The van der Waals surface area contributed by atoms with Gasteiger partial charge in [-0.05, 0) is 39.5 Å². The molecular weight excluding hydrogens is 284 g/mol. The summed E-state index contributed by atoms with van der Waals surface area (Å²) in [6, 6.07) is 0.297. The molecule has 0 radical (unpaired) electrons. The monoisotopic (exact) mass is 310 g/mol. The zero-order chi connectivity index (χ0) is 14.9. The highest BCUT2D eigenvalue weighted by molar-refractivity contribution is 7.99. The summed E-state index contributed by atoms with van der Waals surface area (Å²) in [5.41, 5.74) is 6.08. The Hall–Kier alpha value is -0.750. The molecule has 1 aromatic heterocycles. The molecule has 2 heterocycles. The molecule has 2 fully saturated rings. The van der Waals surface area contributed by atoms with E-state index in [1.165, 1.54) is 32.1 Å². The number of nitrogens with zero attached hydrogens (tertiary/aromatic N) is 3. The molecule has 1 atom stereocenters. The van der Waals surface area contributed by atoms with Crippen molar-refractivity contribution in [2.24, 2.45) is 0 Å². The standard InChI is InChI=1S/C15H26N4OS/c1-11(2)19-13(16)17-18-14(19)21-12-6-9-20-15(10-12)7-4-3-5-8-15/h11-12H,3-10H2,1-2H3,(H2,16,17). The second-order valence-corrected chi connectivity index (χ2v) is 7.90. The van der Waals surface area contributed by atoms with Gasteiger partial charge in [-0.25, -0.2) is 0 Å². The Bertz CT molecular complexity index is 477. The Labute approximate surface area is 131 Å². The van der Waals surface area contributed by atoms with Crippen molar-refractivity contribution in [1.82, 2.24) is 14.8 Å². The van der Waals surface area contributed by atoms with Gasteiger partial charge in [0.05, 0.1) is 5.60 Å². The molecule has 0 aromatic carbocycles. The van der Waals surface area contributed by atoms with Gasteiger partial charge in [0.1, 0.15) is 0 Å². The molecular formula is C15H26N4OS. The molecule has 1 aromatic rings. The van der Waals surface area contributed by atoms with Gasteiger partial charge in [-0.2, -0.15) is 0 Å². The van der Waals surface area contributed by atoms with E-state index in [2.05, 4.69) is 24.0 Å². The normalized spacial score (nSPS) is 25.6. The number of nitrogen functional groups attached to an aromatic ring is 1. The van der Waals surface area contributed by atoms with Crippen LogP contribution in [0.15, 0.2) is 5.16 Å². The first-order valence-electron chi connectivity index (χ1n) is 8.11. The highest BCUT2D eigenvalue weighted by atomic mass is 32.2. The van der Waals surface area contributed by atoms with Crippen LogP contribution in [0.3, 0.4) is 0 Å². The molecule has 0 amide bonds. The zero-order valence-corrected chi connectivity index (χ0v) is 13.9. The summed E-state index contributed by atoms with van der Waals surface area (Å²) in [4.78, 5) is 0. The van der Waals surface area contributed by atoms with E-state index < -0.39 is 0 Å². The number of anilines is 1. The zero-order valence-electron chi connectivity index (χ0n) is 13.0. The van der Waals surface area contributed by atoms with Crippen molar-refractivity contribution < 1.29 is 4.74 Å². The minimum Gasteiger partial charge on any atom is -0.375 e. The maximum Gasteiger partial charge on any atom is 0.222 e. The minimum atomic E-state index is 0.141. The summed E-state index contributed by atoms with van der Waals surface area (Å²) >= 11 is 1.84. The van der Waals surface area contributed by atoms with Crippen LogP contribution in [0.2, 0.25) is 0 Å². The molecule has 5 nitrogen and oxygen atoms in total. The fraction of sp³-hybridized carbons (Fsp3) is 0.867. The fourth-order valence-electron chi connectivity index (χ4n) is 3.63. The van der Waals surface area contributed by atoms with E-state index in [0.717, 1.165) is 24.6 Å². The summed E-state index contributed by atoms with van der Waals surface area (Å²) < 4.78 is 8.21. The third kappa shape index (κ3) is 3.21. The lowest BCUT2D eigenvalue weighted by Crippen LogP contribution is -2.42. The van der Waals surface area contributed by atoms with Gasteiger partial charge >= 0.3 is 0 Å². The van der Waals surface area contributed by atoms with Gasteiger partial charge in [0.25, 0.3) is 0 Å². The van der Waals surface area contributed by atoms with Crippen LogP contribution in [0, 0.1) is 0 Å². The van der Waals surface area contributed by atoms with E-state index in [9.17, 15) is 0 Å². The molecule has 1 unspecified atom stereocenters. The van der Waals surface area contributed by atoms with Crippen LogP contribution in [0.25, 0.3) is 0 Å². The second-order valence-electron chi connectivity index (χ2n) is 6.63. The lowest BCUT2D eigenvalue weighted by molar-refractivity contribution is -0.0971. The number of rotatable bonds is 3. The molecule has 2 aliphatic rings. The Morgan fingerprint density at radius 3 is 2.76 bits per heavy atom. The van der Waals surface area contributed by atoms with Crippen LogP contribution in [0.5, 0.6) is 0 Å². The van der Waals surface area contributed by atoms with E-state index in [0.29, 0.717) is 17.2 Å². The lowest BCUT2D eigenvalue weighted by atomic mass is 9.80. The van der Waals surface area contributed by atoms with Crippen molar-refractivity contribution in [2.75, 3.05) is 12.3 Å². The number of aromatic nitrogens is 3. The number of nitrogens with two attached hydrogens (primary N) is 1. The Morgan fingerprint density at radius 1 is 1.29 bits per heavy atom. The molecule has 1 saturated heterocycles. The van der Waals surface area contributed by atoms with Crippen LogP contribution < -0.4 is 5.73 Å². The highest BCUT2D eigenvalue weighted by Crippen LogP contribution is 2.43. The van der Waals surface area contributed by atoms with Crippen LogP contribution in [-0.4, -0.2) is 32.2 Å². The van der Waals surface area contributed by atoms with Gasteiger partial charge in [-0.3, -0.25) is 4.57 Å². The van der Waals surface area contributed by atoms with Crippen LogP contribution >= 0.6 is 11.8 Å². The predicted octanol–water partition coefficient (Wildman–Crippen LogP) is 3.42. The third-order valence-corrected chi connectivity index (χ3v) is 5.92. The van der Waals surface area contributed by atoms with Crippen molar-refractivity contribution in [2.45, 2.75) is 80.8 Å². The van der Waals surface area contributed by atoms with Gasteiger partial charge in [0.15, 0.2) is 5.16 Å². The first-order chi connectivity index (χ1) is 10.1. The molecule has 21 heavy (non-hydrogen) atoms. The van der Waals surface area contributed by atoms with Crippen molar-refractivity contribution in [3.63, 3.8) is 0 Å². The first-order valence-corrected chi connectivity index (χ1v) is 8.99. The minimum absolute atomic E-state index is 0.141. The van der Waals surface area contributed by atoms with Crippen molar-refractivity contribution >= 4 is 17.7 Å². The Balaban J connectivity index is 1.70. The second kappa shape index (κ2) is 6.16. The molecule has 0 bridgehead atoms. The molecule has 1 aliphatic carbocycles. The maximum atomic E-state index is 6.18. The molecule has 6 heteroatoms. The van der Waals surface area contributed by atoms with Gasteiger partial charge in [-0.1, -0.05) is 31.0 Å². The summed E-state index contributed by atoms with van der Waals surface area (Å²) in [6.45, 7) is 5.12. The number of ether oxygens (including phenoxy) is 1. The predicted molar refractivity (Wildman–Crippen MR) is 85.5 cm³/mol. The summed E-state index contributed by atoms with van der Waals surface area (Å²) in [7, 11) is 0. The van der Waals surface area contributed by atoms with Gasteiger partial charge in [-0.15, -0.1) is 10.2 Å². The number of hydrogen-bond donors (Lipinski definition) is 1. The van der Waals surface area contributed by atoms with Gasteiger partial charge in [0.2, 0.25) is 5.95 Å². The highest BCUT2D eigenvalue weighted by Gasteiger charge is 2.39. The largest absolute Gasteiger partial charge is 0.375 e. The smallest absolute Gasteiger partial charge is 0.222 e. The molecule has 118 valence electrons. The van der Waals surface area contributed by atoms with E-state index >= 15 is 0 Å². The summed E-state index contributed by atoms with van der Waals surface area (Å²) in [6.07, 6.45) is 8.67. The third-order valence-electron chi connectivity index (χ3n) is 4.69. The van der Waals surface area contributed by atoms with Crippen molar-refractivity contribution in [3.8, 4) is 0 Å². The van der Waals surface area contributed by atoms with E-state index in [1.807, 2.05) is 16.3 Å². The van der Waals surface area contributed by atoms with Crippen LogP contribution in [0.1, 0.15) is 64.8 Å². The maximum absolute atomic E-state index is 6.18. The van der Waals surface area contributed by atoms with Crippen LogP contribution in [-0.2, 0) is 4.74 Å². The van der Waals surface area contributed by atoms with E-state index in [-0.39, 0.29) is 5.60 Å². The quantitative estimate of drug-likeness (QED) is 0.926. The average Bonchev–Trinajstić information content (AvgIpc) is 2.81. The average molecular weight is 310 g/mol. The molecule has 1 spiro atoms. The van der Waals surface area contributed by atoms with Crippen LogP contribution in [0.4, 0.5) is 5.95 Å². The first kappa shape index (κ1) is 15.2. The Kier molecular flexibility index (Phi) is 4.45. The molecule has 1 aliphatic heterocycles. The van der Waals surface area contributed by atoms with Crippen molar-refractivity contribution in [3.05, 3.63) is 0 Å². The molecule has 2 N–H and O–H groups in total. The Morgan fingerprint density at radius 2 is 2.05 bits per heavy atom. The molecule has 3 rings (SSSR count). The summed E-state index contributed by atoms with van der Waals surface area (Å²) in [5.74, 6) is 0.520. The molecule has 1 saturated carbocycles.